The van der Waals surface area contributed by atoms with Crippen LogP contribution in [0.2, 0.25) is 0 Å². The van der Waals surface area contributed by atoms with Crippen LogP contribution in [0, 0.1) is 0 Å². The molecule has 106 valence electrons. The van der Waals surface area contributed by atoms with E-state index in [0.29, 0.717) is 6.42 Å². The van der Waals surface area contributed by atoms with Crippen molar-refractivity contribution < 1.29 is 14.6 Å². The highest BCUT2D eigenvalue weighted by molar-refractivity contribution is 7.07. The van der Waals surface area contributed by atoms with Crippen molar-refractivity contribution in [2.45, 2.75) is 32.0 Å². The van der Waals surface area contributed by atoms with E-state index in [1.54, 1.807) is 18.4 Å². The average Bonchev–Trinajstić information content (AvgIpc) is 3.04. The third-order valence-electron chi connectivity index (χ3n) is 3.62. The van der Waals surface area contributed by atoms with Crippen molar-refractivity contribution >= 4 is 11.3 Å². The van der Waals surface area contributed by atoms with Gasteiger partial charge in [0.05, 0.1) is 13.2 Å². The molecule has 0 saturated carbocycles. The van der Waals surface area contributed by atoms with Crippen LogP contribution >= 0.6 is 11.3 Å². The Morgan fingerprint density at radius 2 is 2.35 bits per heavy atom. The number of hydrogen-bond donors (Lipinski definition) is 1. The van der Waals surface area contributed by atoms with Crippen molar-refractivity contribution in [1.29, 1.82) is 0 Å². The van der Waals surface area contributed by atoms with E-state index in [9.17, 15) is 5.11 Å². The highest BCUT2D eigenvalue weighted by Crippen LogP contribution is 2.38. The lowest BCUT2D eigenvalue weighted by molar-refractivity contribution is 0.173. The van der Waals surface area contributed by atoms with Gasteiger partial charge < -0.3 is 14.6 Å². The second-order valence-electron chi connectivity index (χ2n) is 5.19. The SMILES string of the molecule is COc1cc2c(cc1C(O)Cc1ccsc1)OC(C)C2. The third-order valence-corrected chi connectivity index (χ3v) is 4.35. The monoisotopic (exact) mass is 290 g/mol. The second-order valence-corrected chi connectivity index (χ2v) is 5.97. The first-order valence-corrected chi connectivity index (χ1v) is 7.68. The Labute approximate surface area is 122 Å². The molecule has 2 atom stereocenters. The maximum Gasteiger partial charge on any atom is 0.125 e. The summed E-state index contributed by atoms with van der Waals surface area (Å²) in [6, 6.07) is 5.95. The summed E-state index contributed by atoms with van der Waals surface area (Å²) in [6.07, 6.45) is 1.10. The first-order chi connectivity index (χ1) is 9.67. The number of benzene rings is 1. The van der Waals surface area contributed by atoms with Crippen LogP contribution in [0.15, 0.2) is 29.0 Å². The normalized spacial score (nSPS) is 18.4. The molecule has 3 nitrogen and oxygen atoms in total. The van der Waals surface area contributed by atoms with Gasteiger partial charge in [-0.1, -0.05) is 0 Å². The Hall–Kier alpha value is -1.52. The third kappa shape index (κ3) is 2.53. The Bertz CT molecular complexity index is 592. The van der Waals surface area contributed by atoms with Crippen LogP contribution in [0.25, 0.3) is 0 Å². The van der Waals surface area contributed by atoms with Crippen LogP contribution in [-0.2, 0) is 12.8 Å². The van der Waals surface area contributed by atoms with Gasteiger partial charge >= 0.3 is 0 Å². The molecular weight excluding hydrogens is 272 g/mol. The number of thiophene rings is 1. The van der Waals surface area contributed by atoms with Gasteiger partial charge in [-0.15, -0.1) is 0 Å². The fraction of sp³-hybridized carbons (Fsp3) is 0.375. The molecule has 3 rings (SSSR count). The number of aliphatic hydroxyl groups excluding tert-OH is 1. The average molecular weight is 290 g/mol. The Balaban J connectivity index is 1.90. The first kappa shape index (κ1) is 13.5. The molecule has 20 heavy (non-hydrogen) atoms. The van der Waals surface area contributed by atoms with Crippen LogP contribution in [0.5, 0.6) is 11.5 Å². The van der Waals surface area contributed by atoms with Gasteiger partial charge in [-0.3, -0.25) is 0 Å². The quantitative estimate of drug-likeness (QED) is 0.938. The standard InChI is InChI=1S/C16H18O3S/c1-10-5-12-7-16(18-2)13(8-15(12)19-10)14(17)6-11-3-4-20-9-11/h3-4,7-10,14,17H,5-6H2,1-2H3. The van der Waals surface area contributed by atoms with Crippen molar-refractivity contribution in [1.82, 2.24) is 0 Å². The highest BCUT2D eigenvalue weighted by Gasteiger charge is 2.24. The van der Waals surface area contributed by atoms with Gasteiger partial charge in [0.2, 0.25) is 0 Å². The molecule has 1 aromatic carbocycles. The Morgan fingerprint density at radius 1 is 1.50 bits per heavy atom. The molecule has 0 radical (unpaired) electrons. The number of methoxy groups -OCH3 is 1. The van der Waals surface area contributed by atoms with Crippen LogP contribution in [-0.4, -0.2) is 18.3 Å². The second kappa shape index (κ2) is 5.46. The summed E-state index contributed by atoms with van der Waals surface area (Å²) >= 11 is 1.64. The minimum absolute atomic E-state index is 0.193. The molecule has 1 aliphatic heterocycles. The van der Waals surface area contributed by atoms with Gasteiger partial charge in [-0.25, -0.2) is 0 Å². The van der Waals surface area contributed by atoms with Crippen LogP contribution in [0.3, 0.4) is 0 Å². The molecule has 0 saturated heterocycles. The lowest BCUT2D eigenvalue weighted by Crippen LogP contribution is -2.05. The first-order valence-electron chi connectivity index (χ1n) is 6.74. The van der Waals surface area contributed by atoms with Gasteiger partial charge in [0.15, 0.2) is 0 Å². The number of aliphatic hydroxyl groups is 1. The lowest BCUT2D eigenvalue weighted by Gasteiger charge is -2.16. The number of rotatable bonds is 4. The minimum Gasteiger partial charge on any atom is -0.496 e. The van der Waals surface area contributed by atoms with Crippen molar-refractivity contribution in [2.75, 3.05) is 7.11 Å². The van der Waals surface area contributed by atoms with Gasteiger partial charge in [0.25, 0.3) is 0 Å². The van der Waals surface area contributed by atoms with E-state index >= 15 is 0 Å². The Kier molecular flexibility index (Phi) is 3.68. The molecule has 0 amide bonds. The van der Waals surface area contributed by atoms with Crippen molar-refractivity contribution in [3.05, 3.63) is 45.6 Å². The van der Waals surface area contributed by atoms with Crippen molar-refractivity contribution in [2.24, 2.45) is 0 Å². The fourth-order valence-electron chi connectivity index (χ4n) is 2.63. The molecule has 1 N–H and O–H groups in total. The van der Waals surface area contributed by atoms with E-state index < -0.39 is 6.10 Å². The molecule has 0 spiro atoms. The predicted molar refractivity (Wildman–Crippen MR) is 79.8 cm³/mol. The summed E-state index contributed by atoms with van der Waals surface area (Å²) in [5, 5.41) is 14.5. The zero-order valence-electron chi connectivity index (χ0n) is 11.6. The van der Waals surface area contributed by atoms with E-state index in [1.165, 1.54) is 0 Å². The lowest BCUT2D eigenvalue weighted by atomic mass is 9.99. The molecule has 2 heterocycles. The van der Waals surface area contributed by atoms with E-state index in [4.69, 9.17) is 9.47 Å². The van der Waals surface area contributed by atoms with Gasteiger partial charge in [-0.05, 0) is 41.4 Å². The number of ether oxygens (including phenoxy) is 2. The molecule has 0 fully saturated rings. The largest absolute Gasteiger partial charge is 0.496 e. The smallest absolute Gasteiger partial charge is 0.125 e. The minimum atomic E-state index is -0.579. The molecule has 1 aliphatic rings. The summed E-state index contributed by atoms with van der Waals surface area (Å²) in [5.41, 5.74) is 3.09. The summed E-state index contributed by atoms with van der Waals surface area (Å²) in [4.78, 5) is 0. The van der Waals surface area contributed by atoms with Gasteiger partial charge in [-0.2, -0.15) is 11.3 Å². The topological polar surface area (TPSA) is 38.7 Å². The molecule has 0 bridgehead atoms. The number of hydrogen-bond acceptors (Lipinski definition) is 4. The van der Waals surface area contributed by atoms with Crippen LogP contribution in [0.4, 0.5) is 0 Å². The van der Waals surface area contributed by atoms with Crippen molar-refractivity contribution in [3.8, 4) is 11.5 Å². The zero-order chi connectivity index (χ0) is 14.1. The summed E-state index contributed by atoms with van der Waals surface area (Å²) < 4.78 is 11.2. The van der Waals surface area contributed by atoms with E-state index in [1.807, 2.05) is 30.5 Å². The summed E-state index contributed by atoms with van der Waals surface area (Å²) in [7, 11) is 1.64. The Morgan fingerprint density at radius 3 is 3.05 bits per heavy atom. The molecule has 2 unspecified atom stereocenters. The van der Waals surface area contributed by atoms with Gasteiger partial charge in [0.1, 0.15) is 17.6 Å². The number of fused-ring (bicyclic) bond motifs is 1. The molecule has 0 aliphatic carbocycles. The molecule has 4 heteroatoms. The maximum absolute atomic E-state index is 10.5. The summed E-state index contributed by atoms with van der Waals surface area (Å²) in [5.74, 6) is 1.61. The fourth-order valence-corrected chi connectivity index (χ4v) is 3.32. The van der Waals surface area contributed by atoms with Crippen LogP contribution < -0.4 is 9.47 Å². The maximum atomic E-state index is 10.5. The zero-order valence-corrected chi connectivity index (χ0v) is 12.4. The van der Waals surface area contributed by atoms with Crippen LogP contribution in [0.1, 0.15) is 29.7 Å². The molecule has 1 aromatic heterocycles. The molecular formula is C16H18O3S. The van der Waals surface area contributed by atoms with E-state index in [2.05, 4.69) is 5.38 Å². The predicted octanol–water partition coefficient (Wildman–Crippen LogP) is 3.36. The van der Waals surface area contributed by atoms with E-state index in [-0.39, 0.29) is 6.10 Å². The molecule has 2 aromatic rings. The van der Waals surface area contributed by atoms with E-state index in [0.717, 1.165) is 34.6 Å². The highest BCUT2D eigenvalue weighted by atomic mass is 32.1. The van der Waals surface area contributed by atoms with Crippen molar-refractivity contribution in [3.63, 3.8) is 0 Å². The van der Waals surface area contributed by atoms with Gasteiger partial charge in [0, 0.05) is 24.0 Å². The summed E-state index contributed by atoms with van der Waals surface area (Å²) in [6.45, 7) is 2.05.